The zero-order chi connectivity index (χ0) is 11.8. The van der Waals surface area contributed by atoms with Gasteiger partial charge in [0, 0.05) is 23.5 Å². The van der Waals surface area contributed by atoms with E-state index in [0.29, 0.717) is 23.0 Å². The Hall–Kier alpha value is -1.65. The van der Waals surface area contributed by atoms with Gasteiger partial charge >= 0.3 is 6.18 Å². The Balaban J connectivity index is 2.68. The highest BCUT2D eigenvalue weighted by atomic mass is 19.4. The van der Waals surface area contributed by atoms with Gasteiger partial charge in [0.2, 0.25) is 0 Å². The van der Waals surface area contributed by atoms with Gasteiger partial charge in [-0.2, -0.15) is 13.2 Å². The maximum Gasteiger partial charge on any atom is 0.417 e. The Morgan fingerprint density at radius 1 is 1.25 bits per heavy atom. The van der Waals surface area contributed by atoms with Crippen molar-refractivity contribution in [3.05, 3.63) is 35.8 Å². The fourth-order valence-electron chi connectivity index (χ4n) is 1.54. The summed E-state index contributed by atoms with van der Waals surface area (Å²) in [6.07, 6.45) is -1.37. The summed E-state index contributed by atoms with van der Waals surface area (Å²) in [5.74, 6) is 0. The van der Waals surface area contributed by atoms with Crippen LogP contribution >= 0.6 is 0 Å². The third-order valence-corrected chi connectivity index (χ3v) is 2.35. The lowest BCUT2D eigenvalue weighted by Gasteiger charge is -2.08. The third-order valence-electron chi connectivity index (χ3n) is 2.35. The molecule has 84 valence electrons. The lowest BCUT2D eigenvalue weighted by Crippen LogP contribution is -2.06. The van der Waals surface area contributed by atoms with Crippen molar-refractivity contribution in [2.45, 2.75) is 19.5 Å². The first-order valence-electron chi connectivity index (χ1n) is 4.83. The van der Waals surface area contributed by atoms with Crippen LogP contribution in [0.3, 0.4) is 0 Å². The van der Waals surface area contributed by atoms with E-state index in [1.807, 2.05) is 6.92 Å². The van der Waals surface area contributed by atoms with E-state index < -0.39 is 11.7 Å². The van der Waals surface area contributed by atoms with Gasteiger partial charge in [0.1, 0.15) is 0 Å². The Bertz CT molecular complexity index is 520. The number of fused-ring (bicyclic) bond motifs is 1. The topological polar surface area (TPSA) is 25.8 Å². The minimum atomic E-state index is -4.36. The van der Waals surface area contributed by atoms with E-state index in [1.165, 1.54) is 0 Å². The molecule has 0 aromatic carbocycles. The summed E-state index contributed by atoms with van der Waals surface area (Å²) in [6, 6.07) is 2.71. The Morgan fingerprint density at radius 3 is 2.62 bits per heavy atom. The van der Waals surface area contributed by atoms with Crippen LogP contribution in [0.5, 0.6) is 0 Å². The number of aryl methyl sites for hydroxylation is 1. The fraction of sp³-hybridized carbons (Fsp3) is 0.273. The van der Waals surface area contributed by atoms with Crippen molar-refractivity contribution in [3.8, 4) is 0 Å². The molecule has 0 bridgehead atoms. The number of pyridine rings is 2. The zero-order valence-electron chi connectivity index (χ0n) is 8.54. The molecule has 2 rings (SSSR count). The molecule has 0 radical (unpaired) electrons. The first kappa shape index (κ1) is 10.9. The van der Waals surface area contributed by atoms with E-state index >= 15 is 0 Å². The molecule has 0 spiro atoms. The lowest BCUT2D eigenvalue weighted by molar-refractivity contribution is -0.137. The highest BCUT2D eigenvalue weighted by molar-refractivity contribution is 5.81. The quantitative estimate of drug-likeness (QED) is 0.746. The molecule has 2 aromatic heterocycles. The number of halogens is 3. The molecule has 0 saturated heterocycles. The van der Waals surface area contributed by atoms with Crippen molar-refractivity contribution < 1.29 is 13.2 Å². The van der Waals surface area contributed by atoms with Crippen molar-refractivity contribution in [1.29, 1.82) is 0 Å². The molecule has 2 nitrogen and oxygen atoms in total. The average molecular weight is 226 g/mol. The van der Waals surface area contributed by atoms with E-state index in [0.717, 1.165) is 12.3 Å². The lowest BCUT2D eigenvalue weighted by atomic mass is 10.1. The number of aromatic nitrogens is 2. The molecule has 0 atom stereocenters. The smallest absolute Gasteiger partial charge is 0.261 e. The van der Waals surface area contributed by atoms with Crippen molar-refractivity contribution in [2.24, 2.45) is 0 Å². The summed E-state index contributed by atoms with van der Waals surface area (Å²) in [7, 11) is 0. The highest BCUT2D eigenvalue weighted by Crippen LogP contribution is 2.30. The van der Waals surface area contributed by atoms with Gasteiger partial charge in [-0.15, -0.1) is 0 Å². The van der Waals surface area contributed by atoms with E-state index in [4.69, 9.17) is 0 Å². The maximum atomic E-state index is 12.5. The van der Waals surface area contributed by atoms with Crippen LogP contribution in [0.25, 0.3) is 10.9 Å². The SMILES string of the molecule is CCc1nccc2ncc(C(F)(F)F)cc12. The summed E-state index contributed by atoms with van der Waals surface area (Å²) in [6.45, 7) is 1.85. The molecule has 0 saturated carbocycles. The standard InChI is InChI=1S/C11H9F3N2/c1-2-9-8-5-7(11(12,13)14)6-16-10(8)3-4-15-9/h3-6H,2H2,1H3. The zero-order valence-corrected chi connectivity index (χ0v) is 8.54. The summed E-state index contributed by atoms with van der Waals surface area (Å²) in [5, 5.41) is 0.472. The van der Waals surface area contributed by atoms with E-state index in [1.54, 1.807) is 12.3 Å². The molecule has 0 aliphatic carbocycles. The largest absolute Gasteiger partial charge is 0.417 e. The Morgan fingerprint density at radius 2 is 2.00 bits per heavy atom. The number of rotatable bonds is 1. The Kier molecular flexibility index (Phi) is 2.53. The predicted octanol–water partition coefficient (Wildman–Crippen LogP) is 3.21. The molecule has 16 heavy (non-hydrogen) atoms. The summed E-state index contributed by atoms with van der Waals surface area (Å²) in [4.78, 5) is 7.84. The molecule has 0 aliphatic rings. The molecule has 0 N–H and O–H groups in total. The van der Waals surface area contributed by atoms with Crippen molar-refractivity contribution >= 4 is 10.9 Å². The highest BCUT2D eigenvalue weighted by Gasteiger charge is 2.31. The third kappa shape index (κ3) is 1.85. The van der Waals surface area contributed by atoms with Crippen molar-refractivity contribution in [1.82, 2.24) is 9.97 Å². The number of hydrogen-bond donors (Lipinski definition) is 0. The van der Waals surface area contributed by atoms with Gasteiger partial charge in [-0.1, -0.05) is 6.92 Å². The van der Waals surface area contributed by atoms with Gasteiger partial charge in [0.25, 0.3) is 0 Å². The van der Waals surface area contributed by atoms with Crippen LogP contribution in [0, 0.1) is 0 Å². The minimum absolute atomic E-state index is 0.472. The number of hydrogen-bond acceptors (Lipinski definition) is 2. The fourth-order valence-corrected chi connectivity index (χ4v) is 1.54. The van der Waals surface area contributed by atoms with Crippen LogP contribution in [0.15, 0.2) is 24.5 Å². The first-order chi connectivity index (χ1) is 7.52. The second-order valence-electron chi connectivity index (χ2n) is 3.40. The van der Waals surface area contributed by atoms with Gasteiger partial charge < -0.3 is 0 Å². The maximum absolute atomic E-state index is 12.5. The molecule has 5 heteroatoms. The van der Waals surface area contributed by atoms with Crippen LogP contribution in [-0.4, -0.2) is 9.97 Å². The van der Waals surface area contributed by atoms with Gasteiger partial charge in [-0.05, 0) is 18.6 Å². The molecular weight excluding hydrogens is 217 g/mol. The molecule has 0 fully saturated rings. The molecule has 0 amide bonds. The van der Waals surface area contributed by atoms with Gasteiger partial charge in [-0.3, -0.25) is 9.97 Å². The van der Waals surface area contributed by atoms with Crippen LogP contribution in [-0.2, 0) is 12.6 Å². The van der Waals surface area contributed by atoms with Crippen LogP contribution in [0.1, 0.15) is 18.2 Å². The molecule has 0 aliphatic heterocycles. The molecule has 0 unspecified atom stereocenters. The average Bonchev–Trinajstić information content (AvgIpc) is 2.26. The van der Waals surface area contributed by atoms with Gasteiger partial charge in [0.05, 0.1) is 11.1 Å². The minimum Gasteiger partial charge on any atom is -0.261 e. The summed E-state index contributed by atoms with van der Waals surface area (Å²) in [5.41, 5.74) is 0.443. The monoisotopic (exact) mass is 226 g/mol. The number of nitrogens with zero attached hydrogens (tertiary/aromatic N) is 2. The van der Waals surface area contributed by atoms with Crippen LogP contribution in [0.2, 0.25) is 0 Å². The van der Waals surface area contributed by atoms with Crippen LogP contribution < -0.4 is 0 Å². The number of alkyl halides is 3. The normalized spacial score (nSPS) is 12.0. The van der Waals surface area contributed by atoms with Gasteiger partial charge in [0.15, 0.2) is 0 Å². The summed E-state index contributed by atoms with van der Waals surface area (Å²) < 4.78 is 37.5. The molecule has 2 heterocycles. The van der Waals surface area contributed by atoms with E-state index in [-0.39, 0.29) is 0 Å². The van der Waals surface area contributed by atoms with Crippen molar-refractivity contribution in [2.75, 3.05) is 0 Å². The second-order valence-corrected chi connectivity index (χ2v) is 3.40. The molecule has 2 aromatic rings. The van der Waals surface area contributed by atoms with Crippen LogP contribution in [0.4, 0.5) is 13.2 Å². The van der Waals surface area contributed by atoms with Crippen molar-refractivity contribution in [3.63, 3.8) is 0 Å². The second kappa shape index (κ2) is 3.73. The van der Waals surface area contributed by atoms with Gasteiger partial charge in [-0.25, -0.2) is 0 Å². The first-order valence-corrected chi connectivity index (χ1v) is 4.83. The Labute approximate surface area is 90.1 Å². The molecular formula is C11H9F3N2. The predicted molar refractivity (Wildman–Crippen MR) is 53.9 cm³/mol. The summed E-state index contributed by atoms with van der Waals surface area (Å²) >= 11 is 0. The van der Waals surface area contributed by atoms with E-state index in [9.17, 15) is 13.2 Å². The van der Waals surface area contributed by atoms with E-state index in [2.05, 4.69) is 9.97 Å².